The normalized spacial score (nSPS) is 18.3. The van der Waals surface area contributed by atoms with Crippen molar-refractivity contribution in [2.75, 3.05) is 26.3 Å². The van der Waals surface area contributed by atoms with Crippen molar-refractivity contribution < 1.29 is 18.6 Å². The number of hydrogen-bond donors (Lipinski definition) is 1. The summed E-state index contributed by atoms with van der Waals surface area (Å²) in [5.41, 5.74) is 0. The molecule has 1 aliphatic rings. The molecule has 1 aromatic rings. The fourth-order valence-corrected chi connectivity index (χ4v) is 2.30. The first-order valence-corrected chi connectivity index (χ1v) is 6.45. The van der Waals surface area contributed by atoms with Crippen LogP contribution in [0.4, 0.5) is 8.78 Å². The number of nitrogens with zero attached hydrogens (tertiary/aromatic N) is 3. The lowest BCUT2D eigenvalue weighted by Gasteiger charge is -2.31. The SMILES string of the molecule is OCCOC1CCN(Cc2nccn2C(F)F)CC1. The third-order valence-corrected chi connectivity index (χ3v) is 3.30. The summed E-state index contributed by atoms with van der Waals surface area (Å²) in [7, 11) is 0. The Morgan fingerprint density at radius 2 is 2.16 bits per heavy atom. The van der Waals surface area contributed by atoms with Crippen LogP contribution in [-0.4, -0.2) is 52.0 Å². The Labute approximate surface area is 110 Å². The molecular weight excluding hydrogens is 256 g/mol. The average molecular weight is 275 g/mol. The number of aliphatic hydroxyl groups excluding tert-OH is 1. The number of imidazole rings is 1. The summed E-state index contributed by atoms with van der Waals surface area (Å²) < 4.78 is 31.7. The van der Waals surface area contributed by atoms with Crippen LogP contribution in [0.1, 0.15) is 25.2 Å². The fraction of sp³-hybridized carbons (Fsp3) is 0.750. The van der Waals surface area contributed by atoms with Crippen LogP contribution in [0.2, 0.25) is 0 Å². The minimum Gasteiger partial charge on any atom is -0.394 e. The molecule has 2 rings (SSSR count). The van der Waals surface area contributed by atoms with Crippen molar-refractivity contribution in [3.63, 3.8) is 0 Å². The number of aliphatic hydroxyl groups is 1. The maximum Gasteiger partial charge on any atom is 0.319 e. The quantitative estimate of drug-likeness (QED) is 0.849. The molecule has 1 fully saturated rings. The molecule has 7 heteroatoms. The van der Waals surface area contributed by atoms with Gasteiger partial charge in [-0.25, -0.2) is 4.98 Å². The maximum absolute atomic E-state index is 12.7. The lowest BCUT2D eigenvalue weighted by Crippen LogP contribution is -2.37. The molecule has 0 unspecified atom stereocenters. The van der Waals surface area contributed by atoms with Gasteiger partial charge in [-0.15, -0.1) is 0 Å². The van der Waals surface area contributed by atoms with Gasteiger partial charge in [0.05, 0.1) is 25.9 Å². The van der Waals surface area contributed by atoms with E-state index in [2.05, 4.69) is 9.88 Å². The topological polar surface area (TPSA) is 50.5 Å². The monoisotopic (exact) mass is 275 g/mol. The van der Waals surface area contributed by atoms with Gasteiger partial charge in [0, 0.05) is 25.5 Å². The highest BCUT2D eigenvalue weighted by Gasteiger charge is 2.21. The zero-order valence-electron chi connectivity index (χ0n) is 10.7. The van der Waals surface area contributed by atoms with E-state index in [4.69, 9.17) is 9.84 Å². The first kappa shape index (κ1) is 14.4. The van der Waals surface area contributed by atoms with Crippen molar-refractivity contribution in [3.05, 3.63) is 18.2 Å². The van der Waals surface area contributed by atoms with Crippen LogP contribution in [0.3, 0.4) is 0 Å². The second-order valence-corrected chi connectivity index (χ2v) is 4.60. The van der Waals surface area contributed by atoms with Crippen LogP contribution in [0.15, 0.2) is 12.4 Å². The summed E-state index contributed by atoms with van der Waals surface area (Å²) in [5.74, 6) is 0.393. The third-order valence-electron chi connectivity index (χ3n) is 3.30. The molecule has 1 saturated heterocycles. The Morgan fingerprint density at radius 1 is 1.42 bits per heavy atom. The van der Waals surface area contributed by atoms with E-state index >= 15 is 0 Å². The van der Waals surface area contributed by atoms with E-state index in [1.165, 1.54) is 12.4 Å². The fourth-order valence-electron chi connectivity index (χ4n) is 2.30. The number of likely N-dealkylation sites (tertiary alicyclic amines) is 1. The van der Waals surface area contributed by atoms with Crippen molar-refractivity contribution in [2.45, 2.75) is 32.0 Å². The Kier molecular flexibility index (Phi) is 5.24. The van der Waals surface area contributed by atoms with Gasteiger partial charge >= 0.3 is 6.55 Å². The highest BCUT2D eigenvalue weighted by atomic mass is 19.3. The molecule has 0 bridgehead atoms. The van der Waals surface area contributed by atoms with E-state index < -0.39 is 6.55 Å². The molecule has 0 saturated carbocycles. The zero-order valence-corrected chi connectivity index (χ0v) is 10.7. The molecule has 0 aromatic carbocycles. The van der Waals surface area contributed by atoms with Crippen LogP contribution in [0.5, 0.6) is 0 Å². The number of aromatic nitrogens is 2. The minimum atomic E-state index is -2.54. The van der Waals surface area contributed by atoms with E-state index in [-0.39, 0.29) is 12.7 Å². The van der Waals surface area contributed by atoms with Crippen molar-refractivity contribution in [1.29, 1.82) is 0 Å². The van der Waals surface area contributed by atoms with Crippen LogP contribution in [0.25, 0.3) is 0 Å². The predicted molar refractivity (Wildman–Crippen MR) is 64.8 cm³/mol. The number of alkyl halides is 2. The van der Waals surface area contributed by atoms with E-state index in [1.807, 2.05) is 0 Å². The highest BCUT2D eigenvalue weighted by molar-refractivity contribution is 4.93. The van der Waals surface area contributed by atoms with Crippen LogP contribution >= 0.6 is 0 Å². The van der Waals surface area contributed by atoms with Crippen LogP contribution in [-0.2, 0) is 11.3 Å². The minimum absolute atomic E-state index is 0.0338. The standard InChI is InChI=1S/C12H19F2N3O2/c13-12(14)17-6-3-15-11(17)9-16-4-1-10(2-5-16)19-8-7-18/h3,6,10,12,18H,1-2,4-5,7-9H2. The smallest absolute Gasteiger partial charge is 0.319 e. The van der Waals surface area contributed by atoms with Gasteiger partial charge in [-0.1, -0.05) is 0 Å². The molecule has 5 nitrogen and oxygen atoms in total. The predicted octanol–water partition coefficient (Wildman–Crippen LogP) is 1.25. The summed E-state index contributed by atoms with van der Waals surface area (Å²) in [6.07, 6.45) is 4.58. The molecule has 0 atom stereocenters. The third kappa shape index (κ3) is 3.95. The second-order valence-electron chi connectivity index (χ2n) is 4.60. The lowest BCUT2D eigenvalue weighted by atomic mass is 10.1. The number of halogens is 2. The van der Waals surface area contributed by atoms with Crippen molar-refractivity contribution in [2.24, 2.45) is 0 Å². The van der Waals surface area contributed by atoms with Crippen molar-refractivity contribution >= 4 is 0 Å². The van der Waals surface area contributed by atoms with Crippen LogP contribution < -0.4 is 0 Å². The van der Waals surface area contributed by atoms with E-state index in [0.29, 0.717) is 19.0 Å². The molecule has 2 heterocycles. The van der Waals surface area contributed by atoms with Crippen LogP contribution in [0, 0.1) is 0 Å². The molecule has 1 aromatic heterocycles. The molecule has 0 aliphatic carbocycles. The van der Waals surface area contributed by atoms with Gasteiger partial charge in [-0.05, 0) is 12.8 Å². The molecule has 0 amide bonds. The van der Waals surface area contributed by atoms with Gasteiger partial charge in [-0.3, -0.25) is 9.47 Å². The Hall–Kier alpha value is -1.05. The van der Waals surface area contributed by atoms with E-state index in [1.54, 1.807) is 0 Å². The van der Waals surface area contributed by atoms with Crippen molar-refractivity contribution in [3.8, 4) is 0 Å². The van der Waals surface area contributed by atoms with Gasteiger partial charge in [-0.2, -0.15) is 8.78 Å². The summed E-state index contributed by atoms with van der Waals surface area (Å²) >= 11 is 0. The Bertz CT molecular complexity index is 379. The molecule has 19 heavy (non-hydrogen) atoms. The second kappa shape index (κ2) is 6.93. The number of piperidine rings is 1. The van der Waals surface area contributed by atoms with Gasteiger partial charge in [0.2, 0.25) is 0 Å². The molecule has 0 spiro atoms. The summed E-state index contributed by atoms with van der Waals surface area (Å²) in [5, 5.41) is 8.69. The largest absolute Gasteiger partial charge is 0.394 e. The number of rotatable bonds is 6. The summed E-state index contributed by atoms with van der Waals surface area (Å²) in [6, 6.07) is 0. The molecule has 108 valence electrons. The van der Waals surface area contributed by atoms with Crippen molar-refractivity contribution in [1.82, 2.24) is 14.5 Å². The average Bonchev–Trinajstić information content (AvgIpc) is 2.86. The lowest BCUT2D eigenvalue weighted by molar-refractivity contribution is -0.0105. The molecular formula is C12H19F2N3O2. The van der Waals surface area contributed by atoms with E-state index in [9.17, 15) is 8.78 Å². The first-order valence-electron chi connectivity index (χ1n) is 6.45. The molecule has 1 aliphatic heterocycles. The highest BCUT2D eigenvalue weighted by Crippen LogP contribution is 2.18. The number of hydrogen-bond acceptors (Lipinski definition) is 4. The maximum atomic E-state index is 12.7. The van der Waals surface area contributed by atoms with E-state index in [0.717, 1.165) is 30.5 Å². The van der Waals surface area contributed by atoms with Gasteiger partial charge in [0.1, 0.15) is 5.82 Å². The summed E-state index contributed by atoms with van der Waals surface area (Å²) in [6.45, 7) is -0.113. The Balaban J connectivity index is 1.80. The summed E-state index contributed by atoms with van der Waals surface area (Å²) in [4.78, 5) is 6.07. The molecule has 0 radical (unpaired) electrons. The molecule has 1 N–H and O–H groups in total. The zero-order chi connectivity index (χ0) is 13.7. The van der Waals surface area contributed by atoms with Gasteiger partial charge < -0.3 is 9.84 Å². The van der Waals surface area contributed by atoms with Gasteiger partial charge in [0.15, 0.2) is 0 Å². The Morgan fingerprint density at radius 3 is 2.79 bits per heavy atom. The van der Waals surface area contributed by atoms with Gasteiger partial charge in [0.25, 0.3) is 0 Å². The number of ether oxygens (including phenoxy) is 1. The first-order chi connectivity index (χ1) is 9.20.